The highest BCUT2D eigenvalue weighted by atomic mass is 14.9. The topological polar surface area (TPSA) is 24.4 Å². The van der Waals surface area contributed by atoms with Crippen LogP contribution >= 0.6 is 0 Å². The van der Waals surface area contributed by atoms with Gasteiger partial charge in [-0.15, -0.1) is 0 Å². The predicted molar refractivity (Wildman–Crippen MR) is 68.5 cm³/mol. The molecule has 1 N–H and O–H groups in total. The summed E-state index contributed by atoms with van der Waals surface area (Å²) < 4.78 is 0. The SMILES string of the molecule is C=Nc1ccc(C(C)C)cc1NC(C)C. The highest BCUT2D eigenvalue weighted by molar-refractivity contribution is 5.69. The lowest BCUT2D eigenvalue weighted by molar-refractivity contribution is 0.861. The van der Waals surface area contributed by atoms with Gasteiger partial charge in [-0.1, -0.05) is 19.9 Å². The molecule has 0 aromatic heterocycles. The van der Waals surface area contributed by atoms with Gasteiger partial charge >= 0.3 is 0 Å². The first kappa shape index (κ1) is 11.8. The van der Waals surface area contributed by atoms with Gasteiger partial charge in [0.25, 0.3) is 0 Å². The Kier molecular flexibility index (Phi) is 3.89. The van der Waals surface area contributed by atoms with Gasteiger partial charge in [-0.3, -0.25) is 4.99 Å². The van der Waals surface area contributed by atoms with E-state index >= 15 is 0 Å². The van der Waals surface area contributed by atoms with Gasteiger partial charge in [-0.05, 0) is 44.2 Å². The molecule has 0 atom stereocenters. The molecule has 0 fully saturated rings. The minimum atomic E-state index is 0.410. The summed E-state index contributed by atoms with van der Waals surface area (Å²) in [5.41, 5.74) is 3.32. The number of benzene rings is 1. The van der Waals surface area contributed by atoms with Gasteiger partial charge in [0.1, 0.15) is 0 Å². The van der Waals surface area contributed by atoms with Gasteiger partial charge in [0.15, 0.2) is 0 Å². The van der Waals surface area contributed by atoms with Crippen LogP contribution in [-0.4, -0.2) is 12.8 Å². The maximum absolute atomic E-state index is 4.01. The van der Waals surface area contributed by atoms with Crippen LogP contribution < -0.4 is 5.32 Å². The summed E-state index contributed by atoms with van der Waals surface area (Å²) >= 11 is 0. The number of hydrogen-bond acceptors (Lipinski definition) is 2. The molecule has 0 bridgehead atoms. The molecule has 2 heteroatoms. The van der Waals surface area contributed by atoms with Gasteiger partial charge in [0, 0.05) is 6.04 Å². The Balaban J connectivity index is 3.07. The fourth-order valence-corrected chi connectivity index (χ4v) is 1.48. The van der Waals surface area contributed by atoms with Crippen molar-refractivity contribution in [3.63, 3.8) is 0 Å². The van der Waals surface area contributed by atoms with E-state index in [0.717, 1.165) is 11.4 Å². The average molecular weight is 204 g/mol. The maximum Gasteiger partial charge on any atom is 0.0853 e. The Labute approximate surface area is 92.4 Å². The quantitative estimate of drug-likeness (QED) is 0.737. The molecule has 1 aromatic rings. The number of rotatable bonds is 4. The van der Waals surface area contributed by atoms with Crippen molar-refractivity contribution >= 4 is 18.1 Å². The molecule has 15 heavy (non-hydrogen) atoms. The van der Waals surface area contributed by atoms with Crippen LogP contribution in [0.15, 0.2) is 23.2 Å². The van der Waals surface area contributed by atoms with E-state index in [1.165, 1.54) is 5.56 Å². The number of nitrogens with zero attached hydrogens (tertiary/aromatic N) is 1. The van der Waals surface area contributed by atoms with Crippen molar-refractivity contribution in [2.75, 3.05) is 5.32 Å². The Hall–Kier alpha value is -1.31. The highest BCUT2D eigenvalue weighted by Gasteiger charge is 2.05. The zero-order chi connectivity index (χ0) is 11.4. The molecule has 0 spiro atoms. The third-order valence-corrected chi connectivity index (χ3v) is 2.30. The Morgan fingerprint density at radius 3 is 2.33 bits per heavy atom. The van der Waals surface area contributed by atoms with Crippen LogP contribution in [0, 0.1) is 0 Å². The number of anilines is 1. The first-order valence-electron chi connectivity index (χ1n) is 5.41. The van der Waals surface area contributed by atoms with Gasteiger partial charge in [-0.25, -0.2) is 0 Å². The molecular weight excluding hydrogens is 184 g/mol. The molecule has 1 rings (SSSR count). The monoisotopic (exact) mass is 204 g/mol. The Bertz CT molecular complexity index is 340. The summed E-state index contributed by atoms with van der Waals surface area (Å²) in [6.45, 7) is 12.2. The lowest BCUT2D eigenvalue weighted by atomic mass is 10.0. The molecule has 0 heterocycles. The van der Waals surface area contributed by atoms with Crippen molar-refractivity contribution in [3.05, 3.63) is 23.8 Å². The number of hydrogen-bond donors (Lipinski definition) is 1. The summed E-state index contributed by atoms with van der Waals surface area (Å²) in [7, 11) is 0. The van der Waals surface area contributed by atoms with Crippen LogP contribution in [-0.2, 0) is 0 Å². The fraction of sp³-hybridized carbons (Fsp3) is 0.462. The maximum atomic E-state index is 4.01. The molecule has 2 nitrogen and oxygen atoms in total. The van der Waals surface area contributed by atoms with Crippen molar-refractivity contribution in [3.8, 4) is 0 Å². The smallest absolute Gasteiger partial charge is 0.0853 e. The molecule has 0 saturated carbocycles. The van der Waals surface area contributed by atoms with E-state index in [1.807, 2.05) is 6.07 Å². The van der Waals surface area contributed by atoms with E-state index in [2.05, 4.69) is 56.9 Å². The molecule has 0 aliphatic rings. The summed E-state index contributed by atoms with van der Waals surface area (Å²) in [5, 5.41) is 3.39. The molecule has 0 unspecified atom stereocenters. The summed E-state index contributed by atoms with van der Waals surface area (Å²) in [6.07, 6.45) is 0. The van der Waals surface area contributed by atoms with Crippen LogP contribution in [0.25, 0.3) is 0 Å². The Morgan fingerprint density at radius 1 is 1.20 bits per heavy atom. The van der Waals surface area contributed by atoms with Gasteiger partial charge < -0.3 is 5.32 Å². The van der Waals surface area contributed by atoms with E-state index in [4.69, 9.17) is 0 Å². The third-order valence-electron chi connectivity index (χ3n) is 2.30. The van der Waals surface area contributed by atoms with Gasteiger partial charge in [0.2, 0.25) is 0 Å². The second-order valence-corrected chi connectivity index (χ2v) is 4.39. The number of nitrogens with one attached hydrogen (secondary N) is 1. The highest BCUT2D eigenvalue weighted by Crippen LogP contribution is 2.29. The standard InChI is InChI=1S/C13H20N2/c1-9(2)11-6-7-12(14-5)13(8-11)15-10(3)4/h6-10,15H,5H2,1-4H3. The summed E-state index contributed by atoms with van der Waals surface area (Å²) in [6, 6.07) is 6.70. The van der Waals surface area contributed by atoms with E-state index in [0.29, 0.717) is 12.0 Å². The van der Waals surface area contributed by atoms with E-state index < -0.39 is 0 Å². The van der Waals surface area contributed by atoms with E-state index in [-0.39, 0.29) is 0 Å². The minimum absolute atomic E-state index is 0.410. The van der Waals surface area contributed by atoms with Crippen molar-refractivity contribution in [2.24, 2.45) is 4.99 Å². The van der Waals surface area contributed by atoms with Crippen molar-refractivity contribution in [2.45, 2.75) is 39.7 Å². The largest absolute Gasteiger partial charge is 0.381 e. The van der Waals surface area contributed by atoms with Crippen LogP contribution in [0.5, 0.6) is 0 Å². The van der Waals surface area contributed by atoms with Gasteiger partial charge in [0.05, 0.1) is 11.4 Å². The van der Waals surface area contributed by atoms with Gasteiger partial charge in [-0.2, -0.15) is 0 Å². The summed E-state index contributed by atoms with van der Waals surface area (Å²) in [4.78, 5) is 4.01. The molecule has 1 aromatic carbocycles. The van der Waals surface area contributed by atoms with E-state index in [1.54, 1.807) is 0 Å². The van der Waals surface area contributed by atoms with Crippen molar-refractivity contribution in [1.82, 2.24) is 0 Å². The van der Waals surface area contributed by atoms with Crippen LogP contribution in [0.1, 0.15) is 39.2 Å². The zero-order valence-corrected chi connectivity index (χ0v) is 10.0. The second kappa shape index (κ2) is 4.96. The molecule has 0 saturated heterocycles. The van der Waals surface area contributed by atoms with E-state index in [9.17, 15) is 0 Å². The van der Waals surface area contributed by atoms with Crippen molar-refractivity contribution in [1.29, 1.82) is 0 Å². The van der Waals surface area contributed by atoms with Crippen molar-refractivity contribution < 1.29 is 0 Å². The molecule has 0 aliphatic heterocycles. The first-order valence-corrected chi connectivity index (χ1v) is 5.41. The number of aliphatic imine (C=N–C) groups is 1. The van der Waals surface area contributed by atoms with Crippen LogP contribution in [0.4, 0.5) is 11.4 Å². The molecule has 0 amide bonds. The minimum Gasteiger partial charge on any atom is -0.381 e. The average Bonchev–Trinajstić information content (AvgIpc) is 2.16. The molecular formula is C13H20N2. The molecule has 0 radical (unpaired) electrons. The second-order valence-electron chi connectivity index (χ2n) is 4.39. The lowest BCUT2D eigenvalue weighted by Gasteiger charge is -2.15. The summed E-state index contributed by atoms with van der Waals surface area (Å²) in [5.74, 6) is 0.538. The normalized spacial score (nSPS) is 10.8. The van der Waals surface area contributed by atoms with Crippen LogP contribution in [0.3, 0.4) is 0 Å². The Morgan fingerprint density at radius 2 is 1.87 bits per heavy atom. The predicted octanol–water partition coefficient (Wildman–Crippen LogP) is 3.96. The zero-order valence-electron chi connectivity index (χ0n) is 10.0. The van der Waals surface area contributed by atoms with Crippen LogP contribution in [0.2, 0.25) is 0 Å². The first-order chi connectivity index (χ1) is 7.04. The third kappa shape index (κ3) is 3.08. The molecule has 0 aliphatic carbocycles. The fourth-order valence-electron chi connectivity index (χ4n) is 1.48. The lowest BCUT2D eigenvalue weighted by Crippen LogP contribution is -2.10. The molecule has 82 valence electrons.